The van der Waals surface area contributed by atoms with E-state index < -0.39 is 17.1 Å². The minimum absolute atomic E-state index is 0.245. The average molecular weight is 254 g/mol. The molecular formula is C12H22N4O2. The zero-order valence-electron chi connectivity index (χ0n) is 11.9. The lowest BCUT2D eigenvalue weighted by Gasteiger charge is -2.28. The maximum absolute atomic E-state index is 12.0. The number of aryl methyl sites for hydroxylation is 2. The van der Waals surface area contributed by atoms with Gasteiger partial charge in [-0.3, -0.25) is 0 Å². The van der Waals surface area contributed by atoms with Gasteiger partial charge in [0.15, 0.2) is 0 Å². The first-order chi connectivity index (χ1) is 8.01. The zero-order chi connectivity index (χ0) is 14.1. The second-order valence-corrected chi connectivity index (χ2v) is 5.78. The summed E-state index contributed by atoms with van der Waals surface area (Å²) in [5.41, 5.74) is 4.34. The third-order valence-corrected chi connectivity index (χ3v) is 2.31. The molecule has 1 unspecified atom stereocenters. The van der Waals surface area contributed by atoms with E-state index in [1.165, 1.54) is 0 Å². The van der Waals surface area contributed by atoms with Crippen molar-refractivity contribution >= 4 is 5.97 Å². The van der Waals surface area contributed by atoms with Gasteiger partial charge in [-0.25, -0.2) is 14.5 Å². The van der Waals surface area contributed by atoms with Crippen LogP contribution in [0.15, 0.2) is 0 Å². The molecule has 0 fully saturated rings. The van der Waals surface area contributed by atoms with Crippen LogP contribution in [0.2, 0.25) is 0 Å². The van der Waals surface area contributed by atoms with Gasteiger partial charge >= 0.3 is 5.97 Å². The molecule has 0 saturated heterocycles. The normalized spacial score (nSPS) is 15.3. The lowest BCUT2D eigenvalue weighted by Crippen LogP contribution is -2.51. The highest BCUT2D eigenvalue weighted by Crippen LogP contribution is 2.14. The van der Waals surface area contributed by atoms with E-state index in [0.717, 1.165) is 5.82 Å². The highest BCUT2D eigenvalue weighted by atomic mass is 16.6. The van der Waals surface area contributed by atoms with Gasteiger partial charge in [-0.05, 0) is 41.5 Å². The van der Waals surface area contributed by atoms with Crippen LogP contribution in [0.3, 0.4) is 0 Å². The molecule has 0 saturated carbocycles. The summed E-state index contributed by atoms with van der Waals surface area (Å²) in [7, 11) is 0. The highest BCUT2D eigenvalue weighted by Gasteiger charge is 2.34. The average Bonchev–Trinajstić information content (AvgIpc) is 2.41. The molecule has 102 valence electrons. The fourth-order valence-electron chi connectivity index (χ4n) is 1.48. The van der Waals surface area contributed by atoms with Crippen molar-refractivity contribution in [3.05, 3.63) is 11.6 Å². The fourth-order valence-corrected chi connectivity index (χ4v) is 1.48. The molecule has 0 spiro atoms. The first-order valence-corrected chi connectivity index (χ1v) is 5.92. The van der Waals surface area contributed by atoms with Crippen LogP contribution in [0, 0.1) is 13.8 Å². The topological polar surface area (TPSA) is 83.0 Å². The summed E-state index contributed by atoms with van der Waals surface area (Å²) >= 11 is 0. The minimum atomic E-state index is -1.13. The number of esters is 1. The predicted molar refractivity (Wildman–Crippen MR) is 67.9 cm³/mol. The van der Waals surface area contributed by atoms with Crippen molar-refractivity contribution in [2.75, 3.05) is 0 Å². The number of carbonyl (C=O) groups is 1. The third-order valence-electron chi connectivity index (χ3n) is 2.31. The Bertz CT molecular complexity index is 443. The number of hydrogen-bond acceptors (Lipinski definition) is 5. The van der Waals surface area contributed by atoms with E-state index in [4.69, 9.17) is 10.5 Å². The monoisotopic (exact) mass is 254 g/mol. The number of hydrogen-bond donors (Lipinski definition) is 1. The number of aromatic nitrogens is 3. The molecule has 0 aliphatic carbocycles. The van der Waals surface area contributed by atoms with E-state index in [9.17, 15) is 4.79 Å². The number of ether oxygens (including phenoxy) is 1. The van der Waals surface area contributed by atoms with Gasteiger partial charge in [0.2, 0.25) is 0 Å². The van der Waals surface area contributed by atoms with E-state index in [-0.39, 0.29) is 6.54 Å². The van der Waals surface area contributed by atoms with Crippen LogP contribution in [-0.4, -0.2) is 31.9 Å². The summed E-state index contributed by atoms with van der Waals surface area (Å²) in [6.45, 7) is 10.9. The van der Waals surface area contributed by atoms with E-state index in [1.807, 2.05) is 27.7 Å². The van der Waals surface area contributed by atoms with Crippen LogP contribution >= 0.6 is 0 Å². The van der Waals surface area contributed by atoms with Gasteiger partial charge in [-0.2, -0.15) is 5.10 Å². The summed E-state index contributed by atoms with van der Waals surface area (Å²) < 4.78 is 6.92. The van der Waals surface area contributed by atoms with Gasteiger partial charge in [0.05, 0.1) is 6.54 Å². The molecule has 1 aromatic rings. The Hall–Kier alpha value is -1.43. The van der Waals surface area contributed by atoms with E-state index in [2.05, 4.69) is 10.1 Å². The Morgan fingerprint density at radius 1 is 1.33 bits per heavy atom. The molecule has 6 heteroatoms. The van der Waals surface area contributed by atoms with Gasteiger partial charge in [0.1, 0.15) is 22.8 Å². The zero-order valence-corrected chi connectivity index (χ0v) is 11.9. The molecule has 0 aliphatic heterocycles. The summed E-state index contributed by atoms with van der Waals surface area (Å²) in [5.74, 6) is 0.947. The predicted octanol–water partition coefficient (Wildman–Crippen LogP) is 0.954. The molecule has 0 aromatic carbocycles. The number of rotatable bonds is 3. The molecule has 1 heterocycles. The number of nitrogens with zero attached hydrogens (tertiary/aromatic N) is 3. The van der Waals surface area contributed by atoms with Crippen molar-refractivity contribution < 1.29 is 9.53 Å². The lowest BCUT2D eigenvalue weighted by atomic mass is 10.0. The van der Waals surface area contributed by atoms with Gasteiger partial charge in [0.25, 0.3) is 0 Å². The van der Waals surface area contributed by atoms with Crippen LogP contribution in [0.25, 0.3) is 0 Å². The summed E-state index contributed by atoms with van der Waals surface area (Å²) in [5, 5.41) is 4.19. The molecule has 0 radical (unpaired) electrons. The van der Waals surface area contributed by atoms with Crippen molar-refractivity contribution in [2.24, 2.45) is 5.73 Å². The van der Waals surface area contributed by atoms with Crippen molar-refractivity contribution in [1.82, 2.24) is 14.8 Å². The first-order valence-electron chi connectivity index (χ1n) is 5.92. The Morgan fingerprint density at radius 3 is 2.28 bits per heavy atom. The highest BCUT2D eigenvalue weighted by molar-refractivity contribution is 5.80. The molecular weight excluding hydrogens is 232 g/mol. The number of carbonyl (C=O) groups excluding carboxylic acids is 1. The van der Waals surface area contributed by atoms with E-state index >= 15 is 0 Å². The van der Waals surface area contributed by atoms with Crippen LogP contribution < -0.4 is 5.73 Å². The molecule has 1 rings (SSSR count). The maximum atomic E-state index is 12.0. The summed E-state index contributed by atoms with van der Waals surface area (Å²) in [6.07, 6.45) is 0. The maximum Gasteiger partial charge on any atom is 0.328 e. The van der Waals surface area contributed by atoms with Gasteiger partial charge in [0, 0.05) is 0 Å². The second kappa shape index (κ2) is 4.68. The molecule has 0 amide bonds. The SMILES string of the molecule is Cc1nc(C)n(CC(C)(N)C(=O)OC(C)(C)C)n1. The first kappa shape index (κ1) is 14.6. The second-order valence-electron chi connectivity index (χ2n) is 5.78. The van der Waals surface area contributed by atoms with Gasteiger partial charge < -0.3 is 10.5 Å². The van der Waals surface area contributed by atoms with Crippen molar-refractivity contribution in [3.8, 4) is 0 Å². The summed E-state index contributed by atoms with van der Waals surface area (Å²) in [6, 6.07) is 0. The van der Waals surface area contributed by atoms with Crippen LogP contribution in [-0.2, 0) is 16.1 Å². The largest absolute Gasteiger partial charge is 0.459 e. The minimum Gasteiger partial charge on any atom is -0.459 e. The molecule has 2 N–H and O–H groups in total. The smallest absolute Gasteiger partial charge is 0.328 e. The Morgan fingerprint density at radius 2 is 1.89 bits per heavy atom. The molecule has 18 heavy (non-hydrogen) atoms. The summed E-state index contributed by atoms with van der Waals surface area (Å²) in [4.78, 5) is 16.2. The third kappa shape index (κ3) is 3.80. The number of nitrogens with two attached hydrogens (primary N) is 1. The molecule has 6 nitrogen and oxygen atoms in total. The Labute approximate surface area is 108 Å². The Kier molecular flexibility index (Phi) is 3.81. The molecule has 0 bridgehead atoms. The van der Waals surface area contributed by atoms with Crippen molar-refractivity contribution in [3.63, 3.8) is 0 Å². The van der Waals surface area contributed by atoms with Gasteiger partial charge in [-0.15, -0.1) is 0 Å². The quantitative estimate of drug-likeness (QED) is 0.812. The lowest BCUT2D eigenvalue weighted by molar-refractivity contribution is -0.161. The van der Waals surface area contributed by atoms with Crippen molar-refractivity contribution in [1.29, 1.82) is 0 Å². The van der Waals surface area contributed by atoms with Crippen LogP contribution in [0.5, 0.6) is 0 Å². The van der Waals surface area contributed by atoms with E-state index in [1.54, 1.807) is 18.5 Å². The molecule has 1 aromatic heterocycles. The van der Waals surface area contributed by atoms with Gasteiger partial charge in [-0.1, -0.05) is 0 Å². The molecule has 1 atom stereocenters. The fraction of sp³-hybridized carbons (Fsp3) is 0.750. The Balaban J connectivity index is 2.81. The van der Waals surface area contributed by atoms with Crippen LogP contribution in [0.1, 0.15) is 39.3 Å². The standard InChI is InChI=1S/C12H22N4O2/c1-8-14-9(2)16(15-8)7-12(6,13)10(17)18-11(3,4)5/h7,13H2,1-6H3. The van der Waals surface area contributed by atoms with Crippen molar-refractivity contribution in [2.45, 2.75) is 59.2 Å². The molecule has 0 aliphatic rings. The van der Waals surface area contributed by atoms with Crippen LogP contribution in [0.4, 0.5) is 0 Å². The van der Waals surface area contributed by atoms with E-state index in [0.29, 0.717) is 5.82 Å².